The zero-order valence-electron chi connectivity index (χ0n) is 15.5. The summed E-state index contributed by atoms with van der Waals surface area (Å²) in [5.74, 6) is -1.35. The van der Waals surface area contributed by atoms with Gasteiger partial charge in [0, 0.05) is 17.1 Å². The van der Waals surface area contributed by atoms with Gasteiger partial charge in [-0.15, -0.1) is 10.2 Å². The molecular formula is C20H15BrN4O3S. The molecule has 4 rings (SSSR count). The molecular weight excluding hydrogens is 456 g/mol. The topological polar surface area (TPSA) is 83.5 Å². The van der Waals surface area contributed by atoms with E-state index >= 15 is 0 Å². The highest BCUT2D eigenvalue weighted by Gasteiger charge is 2.41. The van der Waals surface area contributed by atoms with Crippen molar-refractivity contribution in [3.05, 3.63) is 64.1 Å². The molecule has 0 fully saturated rings. The molecule has 0 N–H and O–H groups in total. The second kappa shape index (κ2) is 7.49. The highest BCUT2D eigenvalue weighted by Crippen LogP contribution is 2.30. The molecule has 0 saturated carbocycles. The van der Waals surface area contributed by atoms with E-state index in [-0.39, 0.29) is 0 Å². The van der Waals surface area contributed by atoms with Crippen molar-refractivity contribution in [2.45, 2.75) is 13.0 Å². The lowest BCUT2D eigenvalue weighted by Gasteiger charge is -2.25. The van der Waals surface area contributed by atoms with Gasteiger partial charge >= 0.3 is 0 Å². The minimum Gasteiger partial charge on any atom is -0.288 e. The van der Waals surface area contributed by atoms with Gasteiger partial charge in [0.2, 0.25) is 5.13 Å². The normalized spacial score (nSPS) is 14.1. The van der Waals surface area contributed by atoms with Gasteiger partial charge in [-0.3, -0.25) is 24.2 Å². The number of halogens is 1. The molecule has 2 heterocycles. The maximum atomic E-state index is 13.0. The Bertz CT molecular complexity index is 1090. The molecule has 0 saturated heterocycles. The van der Waals surface area contributed by atoms with Crippen LogP contribution in [-0.4, -0.2) is 45.9 Å². The van der Waals surface area contributed by atoms with Crippen LogP contribution < -0.4 is 4.90 Å². The Kier molecular flexibility index (Phi) is 5.01. The van der Waals surface area contributed by atoms with Crippen LogP contribution in [0.4, 0.5) is 5.13 Å². The summed E-state index contributed by atoms with van der Waals surface area (Å²) in [5, 5.41) is 9.30. The van der Waals surface area contributed by atoms with E-state index in [2.05, 4.69) is 26.1 Å². The molecule has 0 aliphatic carbocycles. The number of imide groups is 1. The number of benzene rings is 2. The van der Waals surface area contributed by atoms with Gasteiger partial charge in [-0.2, -0.15) is 0 Å². The van der Waals surface area contributed by atoms with Crippen molar-refractivity contribution in [2.24, 2.45) is 0 Å². The fraction of sp³-hybridized carbons (Fsp3) is 0.150. The van der Waals surface area contributed by atoms with E-state index < -0.39 is 23.8 Å². The number of aromatic nitrogens is 2. The van der Waals surface area contributed by atoms with Crippen molar-refractivity contribution in [2.75, 3.05) is 11.9 Å². The Morgan fingerprint density at radius 2 is 1.62 bits per heavy atom. The Labute approximate surface area is 179 Å². The Morgan fingerprint density at radius 1 is 1.03 bits per heavy atom. The van der Waals surface area contributed by atoms with E-state index in [1.54, 1.807) is 31.3 Å². The first kappa shape index (κ1) is 19.4. The Hall–Kier alpha value is -2.91. The SMILES string of the molecule is CC(C(=O)N(C)c1nnc(-c2ccc(Br)cc2)s1)N1C(=O)c2ccccc2C1=O. The summed E-state index contributed by atoms with van der Waals surface area (Å²) in [5.41, 5.74) is 1.51. The molecule has 9 heteroatoms. The quantitative estimate of drug-likeness (QED) is 0.543. The van der Waals surface area contributed by atoms with Crippen molar-refractivity contribution in [3.8, 4) is 10.6 Å². The van der Waals surface area contributed by atoms with Gasteiger partial charge in [-0.1, -0.05) is 51.5 Å². The summed E-state index contributed by atoms with van der Waals surface area (Å²) in [6, 6.07) is 13.2. The lowest BCUT2D eigenvalue weighted by atomic mass is 10.1. The minimum atomic E-state index is -0.965. The number of hydrogen-bond acceptors (Lipinski definition) is 6. The molecule has 146 valence electrons. The van der Waals surface area contributed by atoms with E-state index in [0.717, 1.165) is 14.9 Å². The zero-order chi connectivity index (χ0) is 20.7. The van der Waals surface area contributed by atoms with Crippen LogP contribution >= 0.6 is 27.3 Å². The van der Waals surface area contributed by atoms with Crippen molar-refractivity contribution < 1.29 is 14.4 Å². The molecule has 1 aliphatic rings. The van der Waals surface area contributed by atoms with Crippen LogP contribution in [0.25, 0.3) is 10.6 Å². The van der Waals surface area contributed by atoms with Crippen LogP contribution in [0.15, 0.2) is 53.0 Å². The average molecular weight is 471 g/mol. The Balaban J connectivity index is 1.55. The van der Waals surface area contributed by atoms with Gasteiger partial charge in [-0.25, -0.2) is 0 Å². The molecule has 3 amide bonds. The fourth-order valence-electron chi connectivity index (χ4n) is 3.10. The lowest BCUT2D eigenvalue weighted by Crippen LogP contribution is -2.48. The fourth-order valence-corrected chi connectivity index (χ4v) is 4.19. The number of rotatable bonds is 4. The van der Waals surface area contributed by atoms with Crippen molar-refractivity contribution in [3.63, 3.8) is 0 Å². The van der Waals surface area contributed by atoms with Gasteiger partial charge in [0.25, 0.3) is 17.7 Å². The number of nitrogens with zero attached hydrogens (tertiary/aromatic N) is 4. The molecule has 1 aliphatic heterocycles. The third-order valence-corrected chi connectivity index (χ3v) is 6.27. The predicted molar refractivity (Wildman–Crippen MR) is 113 cm³/mol. The maximum Gasteiger partial charge on any atom is 0.262 e. The molecule has 1 aromatic heterocycles. The first-order valence-electron chi connectivity index (χ1n) is 8.72. The van der Waals surface area contributed by atoms with Crippen LogP contribution in [0.1, 0.15) is 27.6 Å². The highest BCUT2D eigenvalue weighted by molar-refractivity contribution is 9.10. The third-order valence-electron chi connectivity index (χ3n) is 4.69. The molecule has 1 atom stereocenters. The Morgan fingerprint density at radius 3 is 2.21 bits per heavy atom. The van der Waals surface area contributed by atoms with Gasteiger partial charge in [0.1, 0.15) is 11.0 Å². The van der Waals surface area contributed by atoms with Gasteiger partial charge in [-0.05, 0) is 31.2 Å². The van der Waals surface area contributed by atoms with Crippen LogP contribution in [0.2, 0.25) is 0 Å². The van der Waals surface area contributed by atoms with Crippen LogP contribution in [0, 0.1) is 0 Å². The first-order chi connectivity index (χ1) is 13.9. The number of carbonyl (C=O) groups is 3. The molecule has 0 bridgehead atoms. The smallest absolute Gasteiger partial charge is 0.262 e. The summed E-state index contributed by atoms with van der Waals surface area (Å²) in [7, 11) is 1.56. The second-order valence-electron chi connectivity index (χ2n) is 6.50. The molecule has 1 unspecified atom stereocenters. The standard InChI is InChI=1S/C20H15BrN4O3S/c1-11(25-18(27)14-5-3-4-6-15(14)19(25)28)17(26)24(2)20-23-22-16(29-20)12-7-9-13(21)10-8-12/h3-11H,1-2H3. The van der Waals surface area contributed by atoms with Crippen LogP contribution in [0.3, 0.4) is 0 Å². The van der Waals surface area contributed by atoms with E-state index in [1.165, 1.54) is 23.2 Å². The molecule has 2 aromatic carbocycles. The van der Waals surface area contributed by atoms with Crippen LogP contribution in [-0.2, 0) is 4.79 Å². The van der Waals surface area contributed by atoms with Crippen LogP contribution in [0.5, 0.6) is 0 Å². The van der Waals surface area contributed by atoms with E-state index in [4.69, 9.17) is 0 Å². The monoisotopic (exact) mass is 470 g/mol. The molecule has 0 spiro atoms. The van der Waals surface area contributed by atoms with E-state index in [0.29, 0.717) is 21.3 Å². The lowest BCUT2D eigenvalue weighted by molar-refractivity contribution is -0.121. The predicted octanol–water partition coefficient (Wildman–Crippen LogP) is 3.62. The second-order valence-corrected chi connectivity index (χ2v) is 8.37. The summed E-state index contributed by atoms with van der Waals surface area (Å²) in [6.45, 7) is 1.54. The number of carbonyl (C=O) groups excluding carboxylic acids is 3. The summed E-state index contributed by atoms with van der Waals surface area (Å²) >= 11 is 4.65. The zero-order valence-corrected chi connectivity index (χ0v) is 17.9. The maximum absolute atomic E-state index is 13.0. The van der Waals surface area contributed by atoms with Gasteiger partial charge < -0.3 is 0 Å². The van der Waals surface area contributed by atoms with Gasteiger partial charge in [0.15, 0.2) is 0 Å². The number of anilines is 1. The molecule has 3 aromatic rings. The number of amides is 3. The van der Waals surface area contributed by atoms with Crippen molar-refractivity contribution in [1.29, 1.82) is 0 Å². The summed E-state index contributed by atoms with van der Waals surface area (Å²) < 4.78 is 0.952. The molecule has 29 heavy (non-hydrogen) atoms. The number of fused-ring (bicyclic) bond motifs is 1. The first-order valence-corrected chi connectivity index (χ1v) is 10.3. The van der Waals surface area contributed by atoms with Crippen molar-refractivity contribution in [1.82, 2.24) is 15.1 Å². The van der Waals surface area contributed by atoms with E-state index in [9.17, 15) is 14.4 Å². The van der Waals surface area contributed by atoms with E-state index in [1.807, 2.05) is 24.3 Å². The summed E-state index contributed by atoms with van der Waals surface area (Å²) in [6.07, 6.45) is 0. The minimum absolute atomic E-state index is 0.313. The third kappa shape index (κ3) is 3.36. The van der Waals surface area contributed by atoms with Crippen molar-refractivity contribution >= 4 is 50.1 Å². The summed E-state index contributed by atoms with van der Waals surface area (Å²) in [4.78, 5) is 40.6. The molecule has 0 radical (unpaired) electrons. The largest absolute Gasteiger partial charge is 0.288 e. The molecule has 7 nitrogen and oxygen atoms in total. The van der Waals surface area contributed by atoms with Gasteiger partial charge in [0.05, 0.1) is 11.1 Å². The number of likely N-dealkylation sites (N-methyl/N-ethyl adjacent to an activating group) is 1. The highest BCUT2D eigenvalue weighted by atomic mass is 79.9. The number of hydrogen-bond donors (Lipinski definition) is 0. The average Bonchev–Trinajstić information content (AvgIpc) is 3.31.